The van der Waals surface area contributed by atoms with Crippen LogP contribution in [0.1, 0.15) is 0 Å². The van der Waals surface area contributed by atoms with Gasteiger partial charge < -0.3 is 4.42 Å². The van der Waals surface area contributed by atoms with E-state index in [1.165, 1.54) is 25.9 Å². The van der Waals surface area contributed by atoms with Crippen LogP contribution in [0.5, 0.6) is 0 Å². The number of furan rings is 1. The van der Waals surface area contributed by atoms with E-state index in [1.807, 2.05) is 47.7 Å². The smallest absolute Gasteiger partial charge is 0.164 e. The lowest BCUT2D eigenvalue weighted by Crippen LogP contribution is -2.00. The highest BCUT2D eigenvalue weighted by atomic mass is 32.1. The number of thiophene rings is 1. The average molecular weight is 734 g/mol. The van der Waals surface area contributed by atoms with Gasteiger partial charge in [0.05, 0.1) is 0 Å². The normalized spacial score (nSPS) is 11.6. The first kappa shape index (κ1) is 32.2. The van der Waals surface area contributed by atoms with E-state index in [0.717, 1.165) is 66.3 Å². The summed E-state index contributed by atoms with van der Waals surface area (Å²) in [4.78, 5) is 15.2. The Morgan fingerprint density at radius 2 is 0.875 bits per heavy atom. The SMILES string of the molecule is c1ccc(-c2ccc(-c3nc(-c4ccccc4)nc(-c4cccc(-c5cc6c7cc(-c8ccccc8)ccc7oc6c6c5sc5ccccc56)c4)n3)cc2)cc1. The molecular formula is C51H31N3OS. The summed E-state index contributed by atoms with van der Waals surface area (Å²) >= 11 is 1.81. The summed E-state index contributed by atoms with van der Waals surface area (Å²) in [7, 11) is 0. The van der Waals surface area contributed by atoms with Crippen molar-refractivity contribution in [3.8, 4) is 67.5 Å². The van der Waals surface area contributed by atoms with Gasteiger partial charge in [0.1, 0.15) is 11.2 Å². The molecule has 0 N–H and O–H groups in total. The average Bonchev–Trinajstić information content (AvgIpc) is 3.85. The van der Waals surface area contributed by atoms with Crippen LogP contribution in [0.25, 0.3) is 110 Å². The highest BCUT2D eigenvalue weighted by Gasteiger charge is 2.21. The molecule has 0 aliphatic heterocycles. The molecule has 5 heteroatoms. The van der Waals surface area contributed by atoms with Gasteiger partial charge in [-0.15, -0.1) is 11.3 Å². The zero-order valence-corrected chi connectivity index (χ0v) is 30.9. The number of benzene rings is 8. The molecule has 0 amide bonds. The van der Waals surface area contributed by atoms with E-state index >= 15 is 0 Å². The van der Waals surface area contributed by atoms with Crippen molar-refractivity contribution in [3.63, 3.8) is 0 Å². The fraction of sp³-hybridized carbons (Fsp3) is 0. The highest BCUT2D eigenvalue weighted by Crippen LogP contribution is 2.47. The van der Waals surface area contributed by atoms with Gasteiger partial charge in [-0.2, -0.15) is 0 Å². The third-order valence-electron chi connectivity index (χ3n) is 10.5. The molecule has 3 heterocycles. The summed E-state index contributed by atoms with van der Waals surface area (Å²) in [5, 5.41) is 4.55. The van der Waals surface area contributed by atoms with Crippen molar-refractivity contribution >= 4 is 53.4 Å². The van der Waals surface area contributed by atoms with Crippen molar-refractivity contribution in [3.05, 3.63) is 188 Å². The largest absolute Gasteiger partial charge is 0.455 e. The maximum atomic E-state index is 6.73. The lowest BCUT2D eigenvalue weighted by Gasteiger charge is -2.11. The molecule has 11 rings (SSSR count). The zero-order valence-electron chi connectivity index (χ0n) is 30.1. The third kappa shape index (κ3) is 5.56. The fourth-order valence-corrected chi connectivity index (χ4v) is 9.00. The zero-order chi connectivity index (χ0) is 37.0. The van der Waals surface area contributed by atoms with Crippen molar-refractivity contribution in [1.29, 1.82) is 0 Å². The minimum absolute atomic E-state index is 0.623. The Balaban J connectivity index is 1.09. The number of hydrogen-bond acceptors (Lipinski definition) is 5. The van der Waals surface area contributed by atoms with Crippen LogP contribution in [0.3, 0.4) is 0 Å². The third-order valence-corrected chi connectivity index (χ3v) is 11.7. The lowest BCUT2D eigenvalue weighted by atomic mass is 9.96. The minimum atomic E-state index is 0.623. The van der Waals surface area contributed by atoms with Crippen LogP contribution in [0.4, 0.5) is 0 Å². The predicted molar refractivity (Wildman–Crippen MR) is 233 cm³/mol. The van der Waals surface area contributed by atoms with E-state index in [9.17, 15) is 0 Å². The molecule has 0 aliphatic rings. The number of hydrogen-bond donors (Lipinski definition) is 0. The van der Waals surface area contributed by atoms with Gasteiger partial charge in [-0.1, -0.05) is 158 Å². The second-order valence-corrected chi connectivity index (χ2v) is 15.0. The molecule has 4 nitrogen and oxygen atoms in total. The quantitative estimate of drug-likeness (QED) is 0.171. The highest BCUT2D eigenvalue weighted by molar-refractivity contribution is 7.26. The monoisotopic (exact) mass is 733 g/mol. The number of aromatic nitrogens is 3. The summed E-state index contributed by atoms with van der Waals surface area (Å²) in [6.45, 7) is 0. The molecule has 0 saturated carbocycles. The second kappa shape index (κ2) is 13.3. The first-order chi connectivity index (χ1) is 27.7. The van der Waals surface area contributed by atoms with Gasteiger partial charge in [0.15, 0.2) is 17.5 Å². The van der Waals surface area contributed by atoms with Crippen molar-refractivity contribution in [2.24, 2.45) is 0 Å². The van der Waals surface area contributed by atoms with Crippen LogP contribution < -0.4 is 0 Å². The van der Waals surface area contributed by atoms with Crippen molar-refractivity contribution in [2.75, 3.05) is 0 Å². The molecule has 262 valence electrons. The molecule has 0 unspecified atom stereocenters. The predicted octanol–water partition coefficient (Wildman–Crippen LogP) is 14.1. The molecule has 0 atom stereocenters. The number of nitrogens with zero attached hydrogens (tertiary/aromatic N) is 3. The molecule has 56 heavy (non-hydrogen) atoms. The second-order valence-electron chi connectivity index (χ2n) is 14.0. The molecule has 3 aromatic heterocycles. The molecule has 0 saturated heterocycles. The van der Waals surface area contributed by atoms with Crippen LogP contribution in [0, 0.1) is 0 Å². The Morgan fingerprint density at radius 1 is 0.357 bits per heavy atom. The van der Waals surface area contributed by atoms with Crippen molar-refractivity contribution in [1.82, 2.24) is 15.0 Å². The molecule has 0 radical (unpaired) electrons. The molecular weight excluding hydrogens is 703 g/mol. The number of fused-ring (bicyclic) bond motifs is 7. The summed E-state index contributed by atoms with van der Waals surface area (Å²) in [6.07, 6.45) is 0. The van der Waals surface area contributed by atoms with E-state index in [-0.39, 0.29) is 0 Å². The Bertz CT molecular complexity index is 3230. The summed E-state index contributed by atoms with van der Waals surface area (Å²) in [6, 6.07) is 65.6. The summed E-state index contributed by atoms with van der Waals surface area (Å²) in [5.41, 5.74) is 11.5. The van der Waals surface area contributed by atoms with E-state index in [2.05, 4.69) is 152 Å². The molecule has 0 fully saturated rings. The Hall–Kier alpha value is -7.21. The number of rotatable bonds is 6. The summed E-state index contributed by atoms with van der Waals surface area (Å²) in [5.74, 6) is 1.89. The molecule has 0 bridgehead atoms. The first-order valence-electron chi connectivity index (χ1n) is 18.7. The van der Waals surface area contributed by atoms with Gasteiger partial charge in [0.2, 0.25) is 0 Å². The van der Waals surface area contributed by atoms with Crippen LogP contribution in [-0.4, -0.2) is 15.0 Å². The van der Waals surface area contributed by atoms with E-state index in [0.29, 0.717) is 17.5 Å². The lowest BCUT2D eigenvalue weighted by molar-refractivity contribution is 0.673. The van der Waals surface area contributed by atoms with Gasteiger partial charge >= 0.3 is 0 Å². The van der Waals surface area contributed by atoms with Crippen LogP contribution in [0.2, 0.25) is 0 Å². The Kier molecular flexibility index (Phi) is 7.64. The molecule has 8 aromatic carbocycles. The van der Waals surface area contributed by atoms with E-state index in [1.54, 1.807) is 0 Å². The minimum Gasteiger partial charge on any atom is -0.455 e. The van der Waals surface area contributed by atoms with Crippen LogP contribution in [0.15, 0.2) is 192 Å². The first-order valence-corrected chi connectivity index (χ1v) is 19.5. The summed E-state index contributed by atoms with van der Waals surface area (Å²) < 4.78 is 9.15. The Labute approximate surface area is 327 Å². The van der Waals surface area contributed by atoms with Crippen LogP contribution >= 0.6 is 11.3 Å². The molecule has 0 aliphatic carbocycles. The van der Waals surface area contributed by atoms with Gasteiger partial charge in [-0.05, 0) is 58.1 Å². The maximum Gasteiger partial charge on any atom is 0.164 e. The molecule has 0 spiro atoms. The van der Waals surface area contributed by atoms with Crippen molar-refractivity contribution in [2.45, 2.75) is 0 Å². The van der Waals surface area contributed by atoms with E-state index in [4.69, 9.17) is 19.4 Å². The van der Waals surface area contributed by atoms with Crippen LogP contribution in [-0.2, 0) is 0 Å². The Morgan fingerprint density at radius 3 is 1.59 bits per heavy atom. The van der Waals surface area contributed by atoms with Gasteiger partial charge in [-0.25, -0.2) is 15.0 Å². The fourth-order valence-electron chi connectivity index (χ4n) is 7.76. The van der Waals surface area contributed by atoms with E-state index < -0.39 is 0 Å². The van der Waals surface area contributed by atoms with Gasteiger partial charge in [0, 0.05) is 53.2 Å². The topological polar surface area (TPSA) is 51.8 Å². The maximum absolute atomic E-state index is 6.73. The van der Waals surface area contributed by atoms with Crippen molar-refractivity contribution < 1.29 is 4.42 Å². The standard InChI is InChI=1S/C51H31N3OS/c1-4-13-32(14-5-1)34-23-25-36(26-24-34)50-52-49(35-17-8-3-9-18-35)53-51(54-50)39-20-12-19-38(29-39)41-31-43-42-30-37(33-15-6-2-7-16-33)27-28-44(42)55-47(43)46-40-21-10-11-22-45(40)56-48(41)46/h1-31H. The van der Waals surface area contributed by atoms with Gasteiger partial charge in [0.25, 0.3) is 0 Å². The van der Waals surface area contributed by atoms with Gasteiger partial charge in [-0.3, -0.25) is 0 Å². The molecule has 11 aromatic rings.